The summed E-state index contributed by atoms with van der Waals surface area (Å²) in [4.78, 5) is 24.8. The number of carboxylic acid groups (broad SMARTS) is 1. The molecule has 2 aliphatic rings. The molecule has 1 N–H and O–H groups in total. The van der Waals surface area contributed by atoms with Gasteiger partial charge in [0.1, 0.15) is 12.1 Å². The van der Waals surface area contributed by atoms with Gasteiger partial charge in [0.25, 0.3) is 0 Å². The summed E-state index contributed by atoms with van der Waals surface area (Å²) in [5.41, 5.74) is -1.03. The molecular weight excluding hydrogens is 222 g/mol. The van der Waals surface area contributed by atoms with Gasteiger partial charge in [-0.1, -0.05) is 12.7 Å². The molecule has 0 radical (unpaired) electrons. The van der Waals surface area contributed by atoms with Gasteiger partial charge < -0.3 is 9.84 Å². The summed E-state index contributed by atoms with van der Waals surface area (Å²) in [6.45, 7) is 3.59. The van der Waals surface area contributed by atoms with Crippen LogP contribution in [0.25, 0.3) is 0 Å². The first-order valence-electron chi connectivity index (χ1n) is 5.92. The Morgan fingerprint density at radius 2 is 2.24 bits per heavy atom. The Labute approximate surface area is 100 Å². The molecule has 2 aliphatic heterocycles. The second-order valence-corrected chi connectivity index (χ2v) is 4.66. The zero-order valence-electron chi connectivity index (χ0n) is 9.72. The van der Waals surface area contributed by atoms with Crippen molar-refractivity contribution in [1.29, 1.82) is 0 Å². The molecule has 0 spiro atoms. The molecule has 0 aromatic heterocycles. The molecule has 5 heteroatoms. The van der Waals surface area contributed by atoms with Gasteiger partial charge in [0, 0.05) is 6.04 Å². The van der Waals surface area contributed by atoms with E-state index in [1.807, 2.05) is 0 Å². The predicted octanol–water partition coefficient (Wildman–Crippen LogP) is 1.78. The van der Waals surface area contributed by atoms with E-state index in [0.717, 1.165) is 19.3 Å². The summed E-state index contributed by atoms with van der Waals surface area (Å²) in [7, 11) is 0. The van der Waals surface area contributed by atoms with Gasteiger partial charge in [-0.15, -0.1) is 0 Å². The SMILES string of the molecule is C=CCOC(=O)N1C2CCCC1(C(=O)O)CC2. The molecule has 5 nitrogen and oxygen atoms in total. The molecule has 2 fully saturated rings. The smallest absolute Gasteiger partial charge is 0.411 e. The maximum Gasteiger partial charge on any atom is 0.411 e. The number of carbonyl (C=O) groups is 2. The van der Waals surface area contributed by atoms with Crippen molar-refractivity contribution in [2.75, 3.05) is 6.61 Å². The number of carbonyl (C=O) groups excluding carboxylic acids is 1. The van der Waals surface area contributed by atoms with Gasteiger partial charge in [0.2, 0.25) is 0 Å². The fraction of sp³-hybridized carbons (Fsp3) is 0.667. The average molecular weight is 239 g/mol. The number of rotatable bonds is 3. The maximum atomic E-state index is 11.9. The molecule has 0 aromatic rings. The number of hydrogen-bond donors (Lipinski definition) is 1. The van der Waals surface area contributed by atoms with Gasteiger partial charge in [0.15, 0.2) is 0 Å². The summed E-state index contributed by atoms with van der Waals surface area (Å²) in [5.74, 6) is -0.907. The average Bonchev–Trinajstić information content (AvgIpc) is 2.54. The van der Waals surface area contributed by atoms with Gasteiger partial charge in [-0.25, -0.2) is 9.59 Å². The van der Waals surface area contributed by atoms with Crippen LogP contribution in [-0.2, 0) is 9.53 Å². The van der Waals surface area contributed by atoms with Crippen LogP contribution in [0.2, 0.25) is 0 Å². The molecule has 2 bridgehead atoms. The molecule has 2 unspecified atom stereocenters. The minimum Gasteiger partial charge on any atom is -0.479 e. The molecular formula is C12H17NO4. The second kappa shape index (κ2) is 4.39. The number of piperidine rings is 1. The number of ether oxygens (including phenoxy) is 1. The van der Waals surface area contributed by atoms with E-state index in [2.05, 4.69) is 6.58 Å². The van der Waals surface area contributed by atoms with Gasteiger partial charge in [0.05, 0.1) is 0 Å². The van der Waals surface area contributed by atoms with E-state index in [1.54, 1.807) is 0 Å². The minimum absolute atomic E-state index is 0.0252. The summed E-state index contributed by atoms with van der Waals surface area (Å²) in [6.07, 6.45) is 4.53. The van der Waals surface area contributed by atoms with Gasteiger partial charge in [-0.3, -0.25) is 4.90 Å². The topological polar surface area (TPSA) is 66.8 Å². The number of fused-ring (bicyclic) bond motifs is 2. The van der Waals surface area contributed by atoms with E-state index >= 15 is 0 Å². The van der Waals surface area contributed by atoms with Crippen LogP contribution in [0.3, 0.4) is 0 Å². The Hall–Kier alpha value is -1.52. The molecule has 0 aromatic carbocycles. The van der Waals surface area contributed by atoms with Crippen molar-refractivity contribution in [2.45, 2.75) is 43.7 Å². The summed E-state index contributed by atoms with van der Waals surface area (Å²) >= 11 is 0. The van der Waals surface area contributed by atoms with Crippen molar-refractivity contribution in [3.8, 4) is 0 Å². The zero-order chi connectivity index (χ0) is 12.5. The van der Waals surface area contributed by atoms with E-state index in [4.69, 9.17) is 4.74 Å². The largest absolute Gasteiger partial charge is 0.479 e. The molecule has 0 aliphatic carbocycles. The molecule has 94 valence electrons. The number of nitrogens with zero attached hydrogens (tertiary/aromatic N) is 1. The first-order valence-corrected chi connectivity index (χ1v) is 5.92. The van der Waals surface area contributed by atoms with E-state index < -0.39 is 17.6 Å². The Kier molecular flexibility index (Phi) is 3.09. The summed E-state index contributed by atoms with van der Waals surface area (Å²) in [5, 5.41) is 9.39. The Morgan fingerprint density at radius 3 is 2.88 bits per heavy atom. The lowest BCUT2D eigenvalue weighted by atomic mass is 9.89. The lowest BCUT2D eigenvalue weighted by molar-refractivity contribution is -0.151. The van der Waals surface area contributed by atoms with Crippen LogP contribution in [0.15, 0.2) is 12.7 Å². The van der Waals surface area contributed by atoms with Crippen molar-refractivity contribution in [3.63, 3.8) is 0 Å². The van der Waals surface area contributed by atoms with Gasteiger partial charge in [-0.05, 0) is 32.1 Å². The van der Waals surface area contributed by atoms with Crippen molar-refractivity contribution < 1.29 is 19.4 Å². The third-order valence-corrected chi connectivity index (χ3v) is 3.76. The first-order chi connectivity index (χ1) is 8.12. The van der Waals surface area contributed by atoms with E-state index in [0.29, 0.717) is 12.8 Å². The van der Waals surface area contributed by atoms with Crippen LogP contribution in [0.4, 0.5) is 4.79 Å². The predicted molar refractivity (Wildman–Crippen MR) is 60.6 cm³/mol. The fourth-order valence-electron chi connectivity index (χ4n) is 2.99. The highest BCUT2D eigenvalue weighted by Crippen LogP contribution is 2.44. The van der Waals surface area contributed by atoms with Crippen molar-refractivity contribution in [3.05, 3.63) is 12.7 Å². The number of amides is 1. The highest BCUT2D eigenvalue weighted by atomic mass is 16.6. The Morgan fingerprint density at radius 1 is 1.47 bits per heavy atom. The third kappa shape index (κ3) is 1.79. The number of hydrogen-bond acceptors (Lipinski definition) is 3. The van der Waals surface area contributed by atoms with Crippen molar-refractivity contribution in [2.24, 2.45) is 0 Å². The van der Waals surface area contributed by atoms with Crippen LogP contribution in [0.5, 0.6) is 0 Å². The van der Waals surface area contributed by atoms with Gasteiger partial charge >= 0.3 is 12.1 Å². The molecule has 2 heterocycles. The normalized spacial score (nSPS) is 31.1. The van der Waals surface area contributed by atoms with Gasteiger partial charge in [-0.2, -0.15) is 0 Å². The van der Waals surface area contributed by atoms with Crippen LogP contribution < -0.4 is 0 Å². The van der Waals surface area contributed by atoms with Crippen LogP contribution >= 0.6 is 0 Å². The highest BCUT2D eigenvalue weighted by molar-refractivity contribution is 5.85. The first kappa shape index (κ1) is 12.0. The second-order valence-electron chi connectivity index (χ2n) is 4.66. The van der Waals surface area contributed by atoms with Crippen LogP contribution in [-0.4, -0.2) is 40.3 Å². The molecule has 0 saturated carbocycles. The Balaban J connectivity index is 2.21. The molecule has 2 atom stereocenters. The highest BCUT2D eigenvalue weighted by Gasteiger charge is 2.56. The molecule has 2 saturated heterocycles. The summed E-state index contributed by atoms with van der Waals surface area (Å²) < 4.78 is 4.99. The van der Waals surface area contributed by atoms with E-state index in [9.17, 15) is 14.7 Å². The molecule has 17 heavy (non-hydrogen) atoms. The Bertz CT molecular complexity index is 350. The molecule has 1 amide bonds. The van der Waals surface area contributed by atoms with E-state index in [-0.39, 0.29) is 12.6 Å². The monoisotopic (exact) mass is 239 g/mol. The van der Waals surface area contributed by atoms with Crippen molar-refractivity contribution in [1.82, 2.24) is 4.90 Å². The third-order valence-electron chi connectivity index (χ3n) is 3.76. The van der Waals surface area contributed by atoms with Crippen LogP contribution in [0, 0.1) is 0 Å². The number of carboxylic acids is 1. The lowest BCUT2D eigenvalue weighted by Gasteiger charge is -2.40. The number of aliphatic carboxylic acids is 1. The quantitative estimate of drug-likeness (QED) is 0.762. The zero-order valence-corrected chi connectivity index (χ0v) is 9.72. The standard InChI is InChI=1S/C12H17NO4/c1-2-8-17-11(16)13-9-4-3-6-12(13,7-5-9)10(14)15/h2,9H,1,3-8H2,(H,14,15). The van der Waals surface area contributed by atoms with Crippen LogP contribution in [0.1, 0.15) is 32.1 Å². The maximum absolute atomic E-state index is 11.9. The summed E-state index contributed by atoms with van der Waals surface area (Å²) in [6, 6.07) is 0.0252. The minimum atomic E-state index is -1.03. The lowest BCUT2D eigenvalue weighted by Crippen LogP contribution is -2.57. The van der Waals surface area contributed by atoms with Crippen molar-refractivity contribution >= 4 is 12.1 Å². The fourth-order valence-corrected chi connectivity index (χ4v) is 2.99. The molecule has 2 rings (SSSR count). The van der Waals surface area contributed by atoms with E-state index in [1.165, 1.54) is 11.0 Å².